The zero-order valence-corrected chi connectivity index (χ0v) is 10.8. The van der Waals surface area contributed by atoms with Crippen LogP contribution in [-0.4, -0.2) is 6.04 Å². The maximum atomic E-state index is 5.99. The van der Waals surface area contributed by atoms with Gasteiger partial charge in [-0.2, -0.15) is 0 Å². The number of hydrogen-bond acceptors (Lipinski definition) is 2. The Labute approximate surface area is 105 Å². The Morgan fingerprint density at radius 3 is 2.59 bits per heavy atom. The average molecular weight is 232 g/mol. The van der Waals surface area contributed by atoms with E-state index in [2.05, 4.69) is 18.3 Å². The molecule has 17 heavy (non-hydrogen) atoms. The van der Waals surface area contributed by atoms with Gasteiger partial charge in [-0.15, -0.1) is 0 Å². The molecule has 1 unspecified atom stereocenters. The van der Waals surface area contributed by atoms with Crippen LogP contribution in [0.2, 0.25) is 0 Å². The van der Waals surface area contributed by atoms with E-state index in [0.29, 0.717) is 6.04 Å². The van der Waals surface area contributed by atoms with Gasteiger partial charge in [0.15, 0.2) is 0 Å². The van der Waals surface area contributed by atoms with Crippen molar-refractivity contribution in [1.82, 2.24) is 0 Å². The van der Waals surface area contributed by atoms with Crippen LogP contribution in [-0.2, 0) is 0 Å². The molecule has 0 amide bonds. The molecular formula is C15H24N2. The topological polar surface area (TPSA) is 38.0 Å². The van der Waals surface area contributed by atoms with Gasteiger partial charge in [0.05, 0.1) is 11.4 Å². The molecule has 0 spiro atoms. The van der Waals surface area contributed by atoms with Crippen molar-refractivity contribution in [3.63, 3.8) is 0 Å². The third-order valence-electron chi connectivity index (χ3n) is 3.96. The molecule has 2 heteroatoms. The third kappa shape index (κ3) is 3.15. The lowest BCUT2D eigenvalue weighted by Crippen LogP contribution is -2.30. The monoisotopic (exact) mass is 232 g/mol. The number of nitrogen functional groups attached to an aromatic ring is 1. The molecule has 0 radical (unpaired) electrons. The van der Waals surface area contributed by atoms with Crippen LogP contribution in [0.1, 0.15) is 45.4 Å². The van der Waals surface area contributed by atoms with Crippen molar-refractivity contribution in [1.29, 1.82) is 0 Å². The minimum absolute atomic E-state index is 0.583. The summed E-state index contributed by atoms with van der Waals surface area (Å²) >= 11 is 0. The molecule has 0 heterocycles. The first-order valence-electron chi connectivity index (χ1n) is 6.92. The molecule has 1 fully saturated rings. The first-order valence-corrected chi connectivity index (χ1v) is 6.92. The Kier molecular flexibility index (Phi) is 4.29. The maximum Gasteiger partial charge on any atom is 0.0576 e. The van der Waals surface area contributed by atoms with Gasteiger partial charge in [-0.1, -0.05) is 38.3 Å². The molecule has 0 bridgehead atoms. The van der Waals surface area contributed by atoms with Crippen molar-refractivity contribution >= 4 is 11.4 Å². The van der Waals surface area contributed by atoms with E-state index in [1.54, 1.807) is 0 Å². The van der Waals surface area contributed by atoms with Crippen LogP contribution in [0.3, 0.4) is 0 Å². The van der Waals surface area contributed by atoms with Crippen LogP contribution in [0.25, 0.3) is 0 Å². The van der Waals surface area contributed by atoms with Gasteiger partial charge in [-0.05, 0) is 37.3 Å². The quantitative estimate of drug-likeness (QED) is 0.769. The van der Waals surface area contributed by atoms with E-state index < -0.39 is 0 Å². The molecule has 0 saturated heterocycles. The van der Waals surface area contributed by atoms with E-state index in [1.807, 2.05) is 18.2 Å². The standard InChI is InChI=1S/C15H24N2/c1-2-14(12-8-4-3-5-9-12)17-15-11-7-6-10-13(15)16/h6-7,10-12,14,17H,2-5,8-9,16H2,1H3. The lowest BCUT2D eigenvalue weighted by atomic mass is 9.83. The van der Waals surface area contributed by atoms with Crippen molar-refractivity contribution in [2.45, 2.75) is 51.5 Å². The van der Waals surface area contributed by atoms with Gasteiger partial charge < -0.3 is 11.1 Å². The molecule has 1 atom stereocenters. The third-order valence-corrected chi connectivity index (χ3v) is 3.96. The van der Waals surface area contributed by atoms with Crippen LogP contribution in [0.5, 0.6) is 0 Å². The highest BCUT2D eigenvalue weighted by molar-refractivity contribution is 5.66. The van der Waals surface area contributed by atoms with Crippen LogP contribution < -0.4 is 11.1 Å². The molecule has 0 aliphatic heterocycles. The van der Waals surface area contributed by atoms with Crippen molar-refractivity contribution in [2.75, 3.05) is 11.1 Å². The van der Waals surface area contributed by atoms with E-state index >= 15 is 0 Å². The van der Waals surface area contributed by atoms with Crippen LogP contribution in [0.15, 0.2) is 24.3 Å². The molecule has 0 aromatic heterocycles. The van der Waals surface area contributed by atoms with Crippen LogP contribution in [0.4, 0.5) is 11.4 Å². The van der Waals surface area contributed by atoms with Crippen LogP contribution in [0, 0.1) is 5.92 Å². The molecule has 3 N–H and O–H groups in total. The van der Waals surface area contributed by atoms with Gasteiger partial charge in [0.2, 0.25) is 0 Å². The van der Waals surface area contributed by atoms with Gasteiger partial charge in [-0.3, -0.25) is 0 Å². The van der Waals surface area contributed by atoms with Gasteiger partial charge >= 0.3 is 0 Å². The lowest BCUT2D eigenvalue weighted by molar-refractivity contribution is 0.313. The summed E-state index contributed by atoms with van der Waals surface area (Å²) in [6, 6.07) is 8.67. The van der Waals surface area contributed by atoms with Crippen LogP contribution >= 0.6 is 0 Å². The van der Waals surface area contributed by atoms with Crippen molar-refractivity contribution in [3.8, 4) is 0 Å². The molecule has 2 nitrogen and oxygen atoms in total. The number of para-hydroxylation sites is 2. The van der Waals surface area contributed by atoms with E-state index in [9.17, 15) is 0 Å². The Balaban J connectivity index is 2.01. The van der Waals surface area contributed by atoms with E-state index in [0.717, 1.165) is 17.3 Å². The first-order chi connectivity index (χ1) is 8.31. The molecule has 1 saturated carbocycles. The van der Waals surface area contributed by atoms with E-state index in [1.165, 1.54) is 38.5 Å². The Hall–Kier alpha value is -1.18. The number of nitrogens with one attached hydrogen (secondary N) is 1. The Morgan fingerprint density at radius 1 is 1.24 bits per heavy atom. The zero-order chi connectivity index (χ0) is 12.1. The summed E-state index contributed by atoms with van der Waals surface area (Å²) in [6.07, 6.45) is 8.14. The Bertz CT molecular complexity index is 343. The minimum atomic E-state index is 0.583. The van der Waals surface area contributed by atoms with Crippen molar-refractivity contribution < 1.29 is 0 Å². The summed E-state index contributed by atoms with van der Waals surface area (Å²) in [5.74, 6) is 0.827. The normalized spacial score (nSPS) is 18.9. The highest BCUT2D eigenvalue weighted by atomic mass is 14.9. The van der Waals surface area contributed by atoms with Gasteiger partial charge in [0, 0.05) is 6.04 Å². The van der Waals surface area contributed by atoms with Gasteiger partial charge in [0.1, 0.15) is 0 Å². The fourth-order valence-corrected chi connectivity index (χ4v) is 2.92. The summed E-state index contributed by atoms with van der Waals surface area (Å²) < 4.78 is 0. The van der Waals surface area contributed by atoms with E-state index in [-0.39, 0.29) is 0 Å². The first kappa shape index (κ1) is 12.3. The number of benzene rings is 1. The number of rotatable bonds is 4. The highest BCUT2D eigenvalue weighted by Crippen LogP contribution is 2.30. The number of anilines is 2. The summed E-state index contributed by atoms with van der Waals surface area (Å²) in [4.78, 5) is 0. The van der Waals surface area contributed by atoms with Gasteiger partial charge in [0.25, 0.3) is 0 Å². The molecule has 1 aliphatic carbocycles. The predicted molar refractivity (Wildman–Crippen MR) is 75.1 cm³/mol. The number of hydrogen-bond donors (Lipinski definition) is 2. The fraction of sp³-hybridized carbons (Fsp3) is 0.600. The summed E-state index contributed by atoms with van der Waals surface area (Å²) in [5, 5.41) is 3.64. The molecule has 94 valence electrons. The molecule has 1 aliphatic rings. The SMILES string of the molecule is CCC(Nc1ccccc1N)C1CCCCC1. The van der Waals surface area contributed by atoms with E-state index in [4.69, 9.17) is 5.73 Å². The Morgan fingerprint density at radius 2 is 1.94 bits per heavy atom. The smallest absolute Gasteiger partial charge is 0.0576 e. The summed E-state index contributed by atoms with van der Waals surface area (Å²) in [6.45, 7) is 2.27. The minimum Gasteiger partial charge on any atom is -0.397 e. The number of nitrogens with two attached hydrogens (primary N) is 1. The molecular weight excluding hydrogens is 208 g/mol. The highest BCUT2D eigenvalue weighted by Gasteiger charge is 2.22. The lowest BCUT2D eigenvalue weighted by Gasteiger charge is -2.31. The predicted octanol–water partition coefficient (Wildman–Crippen LogP) is 4.04. The fourth-order valence-electron chi connectivity index (χ4n) is 2.92. The second kappa shape index (κ2) is 5.95. The zero-order valence-electron chi connectivity index (χ0n) is 10.8. The molecule has 2 rings (SSSR count). The largest absolute Gasteiger partial charge is 0.397 e. The second-order valence-corrected chi connectivity index (χ2v) is 5.14. The second-order valence-electron chi connectivity index (χ2n) is 5.14. The molecule has 1 aromatic rings. The average Bonchev–Trinajstić information content (AvgIpc) is 2.39. The van der Waals surface area contributed by atoms with Gasteiger partial charge in [-0.25, -0.2) is 0 Å². The van der Waals surface area contributed by atoms with Crippen molar-refractivity contribution in [3.05, 3.63) is 24.3 Å². The summed E-state index contributed by atoms with van der Waals surface area (Å²) in [5.41, 5.74) is 7.96. The molecule has 1 aromatic carbocycles. The van der Waals surface area contributed by atoms with Crippen molar-refractivity contribution in [2.24, 2.45) is 5.92 Å². The summed E-state index contributed by atoms with van der Waals surface area (Å²) in [7, 11) is 0. The maximum absolute atomic E-state index is 5.99.